The second-order valence-corrected chi connectivity index (χ2v) is 7.18. The van der Waals surface area contributed by atoms with Crippen LogP contribution in [0, 0.1) is 6.92 Å². The summed E-state index contributed by atoms with van der Waals surface area (Å²) in [6.45, 7) is 3.22. The predicted molar refractivity (Wildman–Crippen MR) is 115 cm³/mol. The predicted octanol–water partition coefficient (Wildman–Crippen LogP) is 4.40. The van der Waals surface area contributed by atoms with Crippen LogP contribution in [0.15, 0.2) is 47.1 Å². The van der Waals surface area contributed by atoms with Gasteiger partial charge in [0.15, 0.2) is 11.4 Å². The molecule has 0 aliphatic heterocycles. The van der Waals surface area contributed by atoms with Crippen LogP contribution in [0.25, 0.3) is 22.5 Å². The molecule has 30 heavy (non-hydrogen) atoms. The number of fused-ring (bicyclic) bond motifs is 1. The topological polar surface area (TPSA) is 102 Å². The zero-order valence-electron chi connectivity index (χ0n) is 16.5. The van der Waals surface area contributed by atoms with E-state index in [4.69, 9.17) is 16.0 Å². The molecule has 0 saturated carbocycles. The summed E-state index contributed by atoms with van der Waals surface area (Å²) in [5, 5.41) is 10.9. The molecule has 0 atom stereocenters. The Labute approximate surface area is 176 Å². The van der Waals surface area contributed by atoms with Crippen LogP contribution < -0.4 is 10.6 Å². The van der Waals surface area contributed by atoms with Gasteiger partial charge in [-0.2, -0.15) is 5.10 Å². The van der Waals surface area contributed by atoms with E-state index >= 15 is 0 Å². The Morgan fingerprint density at radius 2 is 1.97 bits per heavy atom. The highest BCUT2D eigenvalue weighted by Gasteiger charge is 2.20. The molecule has 8 nitrogen and oxygen atoms in total. The first-order valence-corrected chi connectivity index (χ1v) is 9.48. The number of nitrogens with zero attached hydrogens (tertiary/aromatic N) is 3. The van der Waals surface area contributed by atoms with E-state index in [1.807, 2.05) is 6.92 Å². The fourth-order valence-electron chi connectivity index (χ4n) is 3.26. The average Bonchev–Trinajstić information content (AvgIpc) is 3.32. The van der Waals surface area contributed by atoms with Crippen LogP contribution in [0.1, 0.15) is 23.0 Å². The fourth-order valence-corrected chi connectivity index (χ4v) is 3.48. The minimum absolute atomic E-state index is 0.231. The summed E-state index contributed by atoms with van der Waals surface area (Å²) in [5.74, 6) is -0.0208. The van der Waals surface area contributed by atoms with Gasteiger partial charge in [-0.1, -0.05) is 11.6 Å². The lowest BCUT2D eigenvalue weighted by Gasteiger charge is -2.11. The zero-order chi connectivity index (χ0) is 21.4. The van der Waals surface area contributed by atoms with Crippen molar-refractivity contribution in [3.8, 4) is 11.5 Å². The average molecular weight is 424 g/mol. The largest absolute Gasteiger partial charge is 0.463 e. The van der Waals surface area contributed by atoms with Gasteiger partial charge in [0.05, 0.1) is 33.6 Å². The van der Waals surface area contributed by atoms with Gasteiger partial charge < -0.3 is 15.1 Å². The number of carbonyl (C=O) groups excluding carboxylic acids is 2. The Bertz CT molecular complexity index is 1280. The van der Waals surface area contributed by atoms with Crippen molar-refractivity contribution >= 4 is 45.8 Å². The highest BCUT2D eigenvalue weighted by atomic mass is 35.5. The Morgan fingerprint density at radius 1 is 1.17 bits per heavy atom. The van der Waals surface area contributed by atoms with Crippen LogP contribution in [-0.2, 0) is 11.8 Å². The van der Waals surface area contributed by atoms with Crippen LogP contribution >= 0.6 is 11.6 Å². The molecule has 3 heterocycles. The summed E-state index contributed by atoms with van der Waals surface area (Å²) in [5.41, 5.74) is 3.17. The number of hydrogen-bond donors (Lipinski definition) is 2. The van der Waals surface area contributed by atoms with Gasteiger partial charge in [-0.15, -0.1) is 0 Å². The molecule has 1 aromatic carbocycles. The third-order valence-corrected chi connectivity index (χ3v) is 4.84. The molecule has 4 rings (SSSR count). The highest BCUT2D eigenvalue weighted by Crippen LogP contribution is 2.29. The Morgan fingerprint density at radius 3 is 2.63 bits per heavy atom. The van der Waals surface area contributed by atoms with E-state index in [0.717, 1.165) is 0 Å². The number of hydrogen-bond acceptors (Lipinski definition) is 5. The first kappa shape index (κ1) is 19.7. The van der Waals surface area contributed by atoms with Crippen molar-refractivity contribution in [2.75, 3.05) is 10.6 Å². The van der Waals surface area contributed by atoms with Crippen molar-refractivity contribution in [3.63, 3.8) is 0 Å². The zero-order valence-corrected chi connectivity index (χ0v) is 17.2. The van der Waals surface area contributed by atoms with Gasteiger partial charge in [-0.3, -0.25) is 14.3 Å². The molecule has 0 unspecified atom stereocenters. The number of aryl methyl sites for hydroxylation is 2. The number of aromatic nitrogens is 3. The van der Waals surface area contributed by atoms with E-state index in [0.29, 0.717) is 50.1 Å². The molecule has 0 fully saturated rings. The molecule has 9 heteroatoms. The summed E-state index contributed by atoms with van der Waals surface area (Å²) in [6, 6.07) is 10.1. The van der Waals surface area contributed by atoms with Crippen LogP contribution in [0.2, 0.25) is 5.02 Å². The molecule has 2 N–H and O–H groups in total. The van der Waals surface area contributed by atoms with Gasteiger partial charge in [-0.25, -0.2) is 4.98 Å². The number of anilines is 2. The number of carbonyl (C=O) groups is 2. The van der Waals surface area contributed by atoms with Crippen molar-refractivity contribution in [2.24, 2.45) is 7.05 Å². The molecule has 3 aromatic heterocycles. The molecule has 0 saturated heterocycles. The van der Waals surface area contributed by atoms with Crippen molar-refractivity contribution < 1.29 is 14.0 Å². The van der Waals surface area contributed by atoms with Crippen molar-refractivity contribution in [2.45, 2.75) is 13.8 Å². The number of pyridine rings is 1. The maximum absolute atomic E-state index is 13.2. The number of benzene rings is 1. The van der Waals surface area contributed by atoms with Crippen LogP contribution in [0.3, 0.4) is 0 Å². The lowest BCUT2D eigenvalue weighted by atomic mass is 10.1. The second kappa shape index (κ2) is 7.64. The van der Waals surface area contributed by atoms with Crippen LogP contribution in [-0.4, -0.2) is 26.6 Å². The van der Waals surface area contributed by atoms with Crippen LogP contribution in [0.4, 0.5) is 11.4 Å². The van der Waals surface area contributed by atoms with E-state index in [1.54, 1.807) is 54.4 Å². The molecule has 2 amide bonds. The first-order chi connectivity index (χ1) is 14.3. The van der Waals surface area contributed by atoms with E-state index in [2.05, 4.69) is 20.7 Å². The third kappa shape index (κ3) is 3.65. The first-order valence-electron chi connectivity index (χ1n) is 9.10. The lowest BCUT2D eigenvalue weighted by molar-refractivity contribution is -0.114. The van der Waals surface area contributed by atoms with Crippen molar-refractivity contribution in [1.29, 1.82) is 0 Å². The molecule has 0 aliphatic rings. The molecular weight excluding hydrogens is 406 g/mol. The van der Waals surface area contributed by atoms with E-state index in [-0.39, 0.29) is 11.8 Å². The number of nitrogens with one attached hydrogen (secondary N) is 2. The van der Waals surface area contributed by atoms with Gasteiger partial charge >= 0.3 is 0 Å². The standard InChI is InChI=1S/C21H18ClN5O3/c1-11-19-14(10-17(18-5-4-8-30-18)25-20(19)27(3)26-11)21(29)24-13-6-7-16(15(22)9-13)23-12(2)28/h4-10H,1-3H3,(H,23,28)(H,24,29). The summed E-state index contributed by atoms with van der Waals surface area (Å²) >= 11 is 6.22. The summed E-state index contributed by atoms with van der Waals surface area (Å²) < 4.78 is 7.08. The summed E-state index contributed by atoms with van der Waals surface area (Å²) in [7, 11) is 1.77. The van der Waals surface area contributed by atoms with Crippen LogP contribution in [0.5, 0.6) is 0 Å². The van der Waals surface area contributed by atoms with Gasteiger partial charge in [0.2, 0.25) is 5.91 Å². The van der Waals surface area contributed by atoms with Gasteiger partial charge in [0.1, 0.15) is 5.69 Å². The van der Waals surface area contributed by atoms with Gasteiger partial charge in [0.25, 0.3) is 5.91 Å². The van der Waals surface area contributed by atoms with Crippen molar-refractivity contribution in [3.05, 3.63) is 58.9 Å². The van der Waals surface area contributed by atoms with E-state index in [9.17, 15) is 9.59 Å². The maximum Gasteiger partial charge on any atom is 0.256 e. The lowest BCUT2D eigenvalue weighted by Crippen LogP contribution is -2.14. The second-order valence-electron chi connectivity index (χ2n) is 6.77. The molecule has 4 aromatic rings. The quantitative estimate of drug-likeness (QED) is 0.506. The Kier molecular flexibility index (Phi) is 5.01. The number of amides is 2. The molecular formula is C21H18ClN5O3. The SMILES string of the molecule is CC(=O)Nc1ccc(NC(=O)c2cc(-c3ccco3)nc3c2c(C)nn3C)cc1Cl. The number of furan rings is 1. The smallest absolute Gasteiger partial charge is 0.256 e. The Balaban J connectivity index is 1.74. The maximum atomic E-state index is 13.2. The summed E-state index contributed by atoms with van der Waals surface area (Å²) in [6.07, 6.45) is 1.55. The fraction of sp³-hybridized carbons (Fsp3) is 0.143. The number of rotatable bonds is 4. The minimum atomic E-state index is -0.338. The summed E-state index contributed by atoms with van der Waals surface area (Å²) in [4.78, 5) is 29.0. The minimum Gasteiger partial charge on any atom is -0.463 e. The molecule has 0 bridgehead atoms. The third-order valence-electron chi connectivity index (χ3n) is 4.52. The van der Waals surface area contributed by atoms with E-state index < -0.39 is 0 Å². The monoisotopic (exact) mass is 423 g/mol. The highest BCUT2D eigenvalue weighted by molar-refractivity contribution is 6.34. The normalized spacial score (nSPS) is 10.9. The molecule has 0 spiro atoms. The Hall–Kier alpha value is -3.65. The number of halogens is 1. The molecule has 0 aliphatic carbocycles. The van der Waals surface area contributed by atoms with Crippen molar-refractivity contribution in [1.82, 2.24) is 14.8 Å². The van der Waals surface area contributed by atoms with E-state index in [1.165, 1.54) is 6.92 Å². The molecule has 152 valence electrons. The molecule has 0 radical (unpaired) electrons. The van der Waals surface area contributed by atoms with Gasteiger partial charge in [-0.05, 0) is 43.3 Å². The van der Waals surface area contributed by atoms with Gasteiger partial charge in [0, 0.05) is 19.7 Å².